The average molecular weight is 218 g/mol. The molecule has 1 aromatic rings. The number of nitrogens with one attached hydrogen (secondary N) is 2. The molecular weight excluding hydrogens is 200 g/mol. The first-order valence-electron chi connectivity index (χ1n) is 5.57. The van der Waals surface area contributed by atoms with Gasteiger partial charge < -0.3 is 5.32 Å². The molecule has 1 saturated heterocycles. The molecule has 2 N–H and O–H groups in total. The van der Waals surface area contributed by atoms with Crippen molar-refractivity contribution in [2.24, 2.45) is 0 Å². The highest BCUT2D eigenvalue weighted by atomic mass is 16.2. The van der Waals surface area contributed by atoms with Gasteiger partial charge in [0.2, 0.25) is 5.91 Å². The lowest BCUT2D eigenvalue weighted by molar-refractivity contribution is -0.123. The molecule has 0 bridgehead atoms. The zero-order valence-electron chi connectivity index (χ0n) is 10.0. The van der Waals surface area contributed by atoms with Crippen LogP contribution in [-0.4, -0.2) is 17.1 Å². The second kappa shape index (κ2) is 3.59. The SMILES string of the molecule is CC1(C)NC(=O)C(C)(Cc2ccccc2)N1. The van der Waals surface area contributed by atoms with Gasteiger partial charge in [0.05, 0.1) is 5.66 Å². The molecule has 1 aliphatic rings. The molecule has 0 radical (unpaired) electrons. The van der Waals surface area contributed by atoms with Gasteiger partial charge >= 0.3 is 0 Å². The second-order valence-electron chi connectivity index (χ2n) is 5.20. The molecule has 1 unspecified atom stereocenters. The molecular formula is C13H18N2O. The first-order chi connectivity index (χ1) is 7.41. The largest absolute Gasteiger partial charge is 0.337 e. The molecule has 16 heavy (non-hydrogen) atoms. The van der Waals surface area contributed by atoms with Crippen LogP contribution in [0.5, 0.6) is 0 Å². The Kier molecular flexibility index (Phi) is 2.50. The average Bonchev–Trinajstić information content (AvgIpc) is 2.36. The summed E-state index contributed by atoms with van der Waals surface area (Å²) in [5, 5.41) is 6.30. The summed E-state index contributed by atoms with van der Waals surface area (Å²) in [5.41, 5.74) is 0.344. The maximum absolute atomic E-state index is 11.9. The van der Waals surface area contributed by atoms with Gasteiger partial charge in [-0.2, -0.15) is 0 Å². The van der Waals surface area contributed by atoms with Crippen LogP contribution in [0.25, 0.3) is 0 Å². The van der Waals surface area contributed by atoms with Crippen LogP contribution in [0.1, 0.15) is 26.3 Å². The van der Waals surface area contributed by atoms with Gasteiger partial charge in [0.1, 0.15) is 5.54 Å². The summed E-state index contributed by atoms with van der Waals surface area (Å²) in [6.07, 6.45) is 0.711. The van der Waals surface area contributed by atoms with Crippen LogP contribution in [0.2, 0.25) is 0 Å². The number of hydrogen-bond donors (Lipinski definition) is 2. The van der Waals surface area contributed by atoms with Crippen molar-refractivity contribution < 1.29 is 4.79 Å². The zero-order chi connectivity index (χ0) is 11.8. The minimum absolute atomic E-state index is 0.0707. The summed E-state index contributed by atoms with van der Waals surface area (Å²) in [4.78, 5) is 11.9. The van der Waals surface area contributed by atoms with Gasteiger partial charge in [-0.15, -0.1) is 0 Å². The Morgan fingerprint density at radius 2 is 1.75 bits per heavy atom. The fraction of sp³-hybridized carbons (Fsp3) is 0.462. The molecule has 0 aliphatic carbocycles. The number of benzene rings is 1. The highest BCUT2D eigenvalue weighted by molar-refractivity contribution is 5.89. The Morgan fingerprint density at radius 1 is 1.12 bits per heavy atom. The van der Waals surface area contributed by atoms with Crippen molar-refractivity contribution in [3.05, 3.63) is 35.9 Å². The molecule has 2 rings (SSSR count). The Balaban J connectivity index is 2.19. The van der Waals surface area contributed by atoms with Crippen molar-refractivity contribution in [1.29, 1.82) is 0 Å². The van der Waals surface area contributed by atoms with E-state index in [-0.39, 0.29) is 11.6 Å². The molecule has 0 spiro atoms. The molecule has 1 aliphatic heterocycles. The van der Waals surface area contributed by atoms with Gasteiger partial charge in [0.25, 0.3) is 0 Å². The molecule has 86 valence electrons. The number of rotatable bonds is 2. The van der Waals surface area contributed by atoms with Crippen LogP contribution in [0.4, 0.5) is 0 Å². The molecule has 3 heteroatoms. The molecule has 1 aromatic carbocycles. The fourth-order valence-corrected chi connectivity index (χ4v) is 2.33. The summed E-state index contributed by atoms with van der Waals surface area (Å²) in [5.74, 6) is 0.0707. The van der Waals surface area contributed by atoms with E-state index in [2.05, 4.69) is 10.6 Å². The number of hydrogen-bond acceptors (Lipinski definition) is 2. The Hall–Kier alpha value is -1.35. The van der Waals surface area contributed by atoms with Crippen LogP contribution in [0.15, 0.2) is 30.3 Å². The summed E-state index contributed by atoms with van der Waals surface area (Å²) >= 11 is 0. The fourth-order valence-electron chi connectivity index (χ4n) is 2.33. The third-order valence-corrected chi connectivity index (χ3v) is 2.92. The smallest absolute Gasteiger partial charge is 0.241 e. The van der Waals surface area contributed by atoms with Crippen LogP contribution in [-0.2, 0) is 11.2 Å². The molecule has 0 saturated carbocycles. The number of carbonyl (C=O) groups excluding carboxylic acids is 1. The lowest BCUT2D eigenvalue weighted by Gasteiger charge is -2.25. The van der Waals surface area contributed by atoms with Gasteiger partial charge in [0, 0.05) is 0 Å². The van der Waals surface area contributed by atoms with Crippen molar-refractivity contribution in [3.8, 4) is 0 Å². The molecule has 1 amide bonds. The molecule has 3 nitrogen and oxygen atoms in total. The van der Waals surface area contributed by atoms with E-state index in [1.165, 1.54) is 5.56 Å². The minimum atomic E-state index is -0.509. The van der Waals surface area contributed by atoms with Crippen LogP contribution in [0.3, 0.4) is 0 Å². The predicted octanol–water partition coefficient (Wildman–Crippen LogP) is 1.44. The Morgan fingerprint density at radius 3 is 2.25 bits per heavy atom. The topological polar surface area (TPSA) is 41.1 Å². The highest BCUT2D eigenvalue weighted by Crippen LogP contribution is 2.22. The van der Waals surface area contributed by atoms with Crippen molar-refractivity contribution in [2.45, 2.75) is 38.4 Å². The summed E-state index contributed by atoms with van der Waals surface area (Å²) < 4.78 is 0. The van der Waals surface area contributed by atoms with Crippen molar-refractivity contribution in [2.75, 3.05) is 0 Å². The van der Waals surface area contributed by atoms with Gasteiger partial charge in [-0.3, -0.25) is 10.1 Å². The number of carbonyl (C=O) groups is 1. The minimum Gasteiger partial charge on any atom is -0.337 e. The van der Waals surface area contributed by atoms with E-state index in [0.717, 1.165) is 0 Å². The maximum atomic E-state index is 11.9. The van der Waals surface area contributed by atoms with E-state index >= 15 is 0 Å². The van der Waals surface area contributed by atoms with E-state index in [1.807, 2.05) is 51.1 Å². The normalized spacial score (nSPS) is 27.8. The monoisotopic (exact) mass is 218 g/mol. The van der Waals surface area contributed by atoms with E-state index in [1.54, 1.807) is 0 Å². The Bertz CT molecular complexity index is 400. The molecule has 1 fully saturated rings. The van der Waals surface area contributed by atoms with Crippen molar-refractivity contribution >= 4 is 5.91 Å². The van der Waals surface area contributed by atoms with E-state index in [9.17, 15) is 4.79 Å². The quantitative estimate of drug-likeness (QED) is 0.788. The highest BCUT2D eigenvalue weighted by Gasteiger charge is 2.45. The summed E-state index contributed by atoms with van der Waals surface area (Å²) in [6, 6.07) is 10.1. The predicted molar refractivity (Wildman–Crippen MR) is 63.9 cm³/mol. The van der Waals surface area contributed by atoms with E-state index in [4.69, 9.17) is 0 Å². The van der Waals surface area contributed by atoms with Crippen LogP contribution < -0.4 is 10.6 Å². The van der Waals surface area contributed by atoms with Gasteiger partial charge in [0.15, 0.2) is 0 Å². The van der Waals surface area contributed by atoms with Gasteiger partial charge in [-0.1, -0.05) is 30.3 Å². The lowest BCUT2D eigenvalue weighted by atomic mass is 9.93. The maximum Gasteiger partial charge on any atom is 0.241 e. The van der Waals surface area contributed by atoms with E-state index < -0.39 is 5.54 Å². The first kappa shape index (κ1) is 11.1. The molecule has 1 heterocycles. The van der Waals surface area contributed by atoms with Crippen LogP contribution >= 0.6 is 0 Å². The molecule has 1 atom stereocenters. The summed E-state index contributed by atoms with van der Waals surface area (Å²) in [7, 11) is 0. The third kappa shape index (κ3) is 2.09. The number of amides is 1. The third-order valence-electron chi connectivity index (χ3n) is 2.92. The van der Waals surface area contributed by atoms with E-state index in [0.29, 0.717) is 6.42 Å². The van der Waals surface area contributed by atoms with Crippen molar-refractivity contribution in [3.63, 3.8) is 0 Å². The Labute approximate surface area is 96.2 Å². The first-order valence-corrected chi connectivity index (χ1v) is 5.57. The van der Waals surface area contributed by atoms with Gasteiger partial charge in [-0.25, -0.2) is 0 Å². The van der Waals surface area contributed by atoms with Gasteiger partial charge in [-0.05, 0) is 32.8 Å². The zero-order valence-corrected chi connectivity index (χ0v) is 10.0. The lowest BCUT2D eigenvalue weighted by Crippen LogP contribution is -2.49. The summed E-state index contributed by atoms with van der Waals surface area (Å²) in [6.45, 7) is 5.90. The van der Waals surface area contributed by atoms with Crippen LogP contribution in [0, 0.1) is 0 Å². The standard InChI is InChI=1S/C13H18N2O/c1-12(2)14-11(16)13(3,15-12)9-10-7-5-4-6-8-10/h4-8,15H,9H2,1-3H3,(H,14,16). The molecule has 0 aromatic heterocycles. The second-order valence-corrected chi connectivity index (χ2v) is 5.20. The van der Waals surface area contributed by atoms with Crippen molar-refractivity contribution in [1.82, 2.24) is 10.6 Å².